The molecule has 0 bridgehead atoms. The van der Waals surface area contributed by atoms with Crippen LogP contribution in [0.15, 0.2) is 76.5 Å². The zero-order chi connectivity index (χ0) is 34.9. The minimum Gasteiger partial charge on any atom is -0.507 e. The number of thioether (sulfide) groups is 1. The minimum absolute atomic E-state index is 0.00214. The van der Waals surface area contributed by atoms with E-state index in [2.05, 4.69) is 15.3 Å². The number of ether oxygens (including phenoxy) is 3. The number of methoxy groups -OCH3 is 2. The first-order chi connectivity index (χ1) is 23.6. The Kier molecular flexibility index (Phi) is 10.0. The van der Waals surface area contributed by atoms with Crippen molar-refractivity contribution in [1.29, 1.82) is 0 Å². The Morgan fingerprint density at radius 1 is 1.20 bits per heavy atom. The van der Waals surface area contributed by atoms with Crippen LogP contribution in [0.2, 0.25) is 5.02 Å². The molecule has 1 amide bonds. The highest BCUT2D eigenvalue weighted by Crippen LogP contribution is 2.55. The number of carbonyl (C=O) groups is 3. The van der Waals surface area contributed by atoms with Crippen molar-refractivity contribution in [2.45, 2.75) is 42.6 Å². The fourth-order valence-electron chi connectivity index (χ4n) is 6.39. The molecular formula is C36H34ClN3O7S2. The lowest BCUT2D eigenvalue weighted by Gasteiger charge is -2.38. The number of benzene rings is 2. The number of nitrogens with zero attached hydrogens (tertiary/aromatic N) is 2. The molecule has 3 atom stereocenters. The van der Waals surface area contributed by atoms with Gasteiger partial charge in [0.05, 0.1) is 19.9 Å². The highest BCUT2D eigenvalue weighted by molar-refractivity contribution is 7.98. The largest absolute Gasteiger partial charge is 0.507 e. The SMILES string of the molecule is COc1cc(OC)c2c(c1Cl)O[C@]1(C2=O)C(O)=C(C(CC(=O)NCCc2csc(-c3cccnc3)n2)c2ccc(SC)cc2)C(=O)C[C@H]1C. The molecule has 1 unspecified atom stereocenters. The Bertz CT molecular complexity index is 1950. The van der Waals surface area contributed by atoms with Crippen molar-refractivity contribution >= 4 is 52.2 Å². The molecule has 0 saturated carbocycles. The number of aliphatic hydroxyl groups is 1. The third kappa shape index (κ3) is 6.28. The lowest BCUT2D eigenvalue weighted by atomic mass is 9.69. The summed E-state index contributed by atoms with van der Waals surface area (Å²) in [7, 11) is 2.82. The quantitative estimate of drug-likeness (QED) is 0.158. The summed E-state index contributed by atoms with van der Waals surface area (Å²) in [6, 6.07) is 12.7. The number of nitrogens with one attached hydrogen (secondary N) is 1. The van der Waals surface area contributed by atoms with Gasteiger partial charge in [0.1, 0.15) is 27.1 Å². The number of allylic oxidation sites excluding steroid dienone is 1. The van der Waals surface area contributed by atoms with Gasteiger partial charge in [0.15, 0.2) is 17.3 Å². The molecular weight excluding hydrogens is 686 g/mol. The number of hydrogen-bond donors (Lipinski definition) is 2. The van der Waals surface area contributed by atoms with Gasteiger partial charge in [-0.05, 0) is 36.1 Å². The second kappa shape index (κ2) is 14.2. The van der Waals surface area contributed by atoms with Crippen LogP contribution in [-0.4, -0.2) is 65.2 Å². The van der Waals surface area contributed by atoms with E-state index < -0.39 is 29.0 Å². The van der Waals surface area contributed by atoms with Crippen LogP contribution in [0.25, 0.3) is 10.6 Å². The van der Waals surface area contributed by atoms with Crippen LogP contribution >= 0.6 is 34.7 Å². The van der Waals surface area contributed by atoms with E-state index in [0.29, 0.717) is 18.5 Å². The fraction of sp³-hybridized carbons (Fsp3) is 0.306. The van der Waals surface area contributed by atoms with E-state index in [1.54, 1.807) is 31.1 Å². The molecule has 4 aromatic rings. The van der Waals surface area contributed by atoms with Gasteiger partial charge in [-0.2, -0.15) is 0 Å². The Balaban J connectivity index is 1.32. The smallest absolute Gasteiger partial charge is 0.231 e. The highest BCUT2D eigenvalue weighted by Gasteiger charge is 2.61. The van der Waals surface area contributed by atoms with Crippen LogP contribution in [0.5, 0.6) is 17.2 Å². The molecule has 254 valence electrons. The summed E-state index contributed by atoms with van der Waals surface area (Å²) in [5.74, 6) is -3.10. The van der Waals surface area contributed by atoms with E-state index in [4.69, 9.17) is 25.8 Å². The van der Waals surface area contributed by atoms with Gasteiger partial charge in [-0.15, -0.1) is 23.1 Å². The van der Waals surface area contributed by atoms with E-state index in [0.717, 1.165) is 21.2 Å². The summed E-state index contributed by atoms with van der Waals surface area (Å²) in [4.78, 5) is 51.5. The van der Waals surface area contributed by atoms with Gasteiger partial charge in [0, 0.05) is 77.5 Å². The maximum absolute atomic E-state index is 14.3. The maximum atomic E-state index is 14.3. The van der Waals surface area contributed by atoms with Gasteiger partial charge in [-0.1, -0.05) is 30.7 Å². The number of Topliss-reactive ketones (excluding diaryl/α,β-unsaturated/α-hetero) is 2. The van der Waals surface area contributed by atoms with Crippen molar-refractivity contribution in [1.82, 2.24) is 15.3 Å². The van der Waals surface area contributed by atoms with Crippen molar-refractivity contribution in [2.75, 3.05) is 27.0 Å². The summed E-state index contributed by atoms with van der Waals surface area (Å²) >= 11 is 9.66. The summed E-state index contributed by atoms with van der Waals surface area (Å²) in [6.07, 6.45) is 5.63. The van der Waals surface area contributed by atoms with E-state index in [9.17, 15) is 19.5 Å². The average Bonchev–Trinajstić information content (AvgIpc) is 3.71. The first kappa shape index (κ1) is 34.5. The van der Waals surface area contributed by atoms with Gasteiger partial charge in [-0.25, -0.2) is 4.98 Å². The number of fused-ring (bicyclic) bond motifs is 1. The maximum Gasteiger partial charge on any atom is 0.231 e. The van der Waals surface area contributed by atoms with Crippen molar-refractivity contribution in [3.63, 3.8) is 0 Å². The molecule has 1 aliphatic carbocycles. The van der Waals surface area contributed by atoms with Crippen LogP contribution in [-0.2, 0) is 16.0 Å². The molecule has 3 heterocycles. The molecule has 0 fully saturated rings. The third-order valence-corrected chi connectivity index (χ3v) is 11.0. The summed E-state index contributed by atoms with van der Waals surface area (Å²) in [5.41, 5.74) is 0.423. The molecule has 0 radical (unpaired) electrons. The third-order valence-electron chi connectivity index (χ3n) is 8.93. The lowest BCUT2D eigenvalue weighted by Crippen LogP contribution is -2.53. The van der Waals surface area contributed by atoms with Crippen LogP contribution in [0.1, 0.15) is 47.3 Å². The van der Waals surface area contributed by atoms with Crippen LogP contribution < -0.4 is 19.5 Å². The predicted molar refractivity (Wildman–Crippen MR) is 188 cm³/mol. The normalized spacial score (nSPS) is 19.1. The first-order valence-electron chi connectivity index (χ1n) is 15.5. The molecule has 0 saturated heterocycles. The second-order valence-corrected chi connectivity index (χ2v) is 13.9. The van der Waals surface area contributed by atoms with Crippen molar-refractivity contribution in [2.24, 2.45) is 5.92 Å². The standard InChI is InChI=1S/C36H34ClN3O7S2/c1-19-14-25(41)29(33(43)36(19)34(44)30-26(45-2)16-27(46-3)31(37)32(30)47-36)24(20-7-9-23(48-4)10-8-20)15-28(42)39-13-11-22-18-49-35(40-22)21-6-5-12-38-17-21/h5-10,12,16-19,24,43H,11,13-15H2,1-4H3,(H,39,42)/t19-,24?,36+/m1/s1. The van der Waals surface area contributed by atoms with Crippen molar-refractivity contribution in [3.8, 4) is 27.8 Å². The molecule has 2 N–H and O–H groups in total. The van der Waals surface area contributed by atoms with Crippen LogP contribution in [0.3, 0.4) is 0 Å². The highest BCUT2D eigenvalue weighted by atomic mass is 35.5. The number of thiazole rings is 1. The molecule has 13 heteroatoms. The predicted octanol–water partition coefficient (Wildman–Crippen LogP) is 6.87. The molecule has 6 rings (SSSR count). The Morgan fingerprint density at radius 2 is 1.96 bits per heavy atom. The first-order valence-corrected chi connectivity index (χ1v) is 18.0. The zero-order valence-corrected chi connectivity index (χ0v) is 29.6. The molecule has 10 nitrogen and oxygen atoms in total. The van der Waals surface area contributed by atoms with Gasteiger partial charge >= 0.3 is 0 Å². The number of pyridine rings is 1. The second-order valence-electron chi connectivity index (χ2n) is 11.8. The number of aromatic nitrogens is 2. The Morgan fingerprint density at radius 3 is 2.63 bits per heavy atom. The average molecular weight is 720 g/mol. The van der Waals surface area contributed by atoms with Crippen LogP contribution in [0.4, 0.5) is 0 Å². The minimum atomic E-state index is -1.96. The Labute approximate surface area is 296 Å². The van der Waals surface area contributed by atoms with E-state index >= 15 is 0 Å². The molecule has 2 aromatic heterocycles. The number of carbonyl (C=O) groups excluding carboxylic acids is 3. The van der Waals surface area contributed by atoms with Crippen molar-refractivity contribution in [3.05, 3.63) is 93.4 Å². The molecule has 49 heavy (non-hydrogen) atoms. The topological polar surface area (TPSA) is 137 Å². The number of aliphatic hydroxyl groups excluding tert-OH is 1. The Hall–Kier alpha value is -4.39. The van der Waals surface area contributed by atoms with E-state index in [1.165, 1.54) is 31.6 Å². The number of rotatable bonds is 11. The lowest BCUT2D eigenvalue weighted by molar-refractivity contribution is -0.121. The summed E-state index contributed by atoms with van der Waals surface area (Å²) < 4.78 is 17.2. The van der Waals surface area contributed by atoms with Gasteiger partial charge in [-0.3, -0.25) is 19.4 Å². The van der Waals surface area contributed by atoms with Gasteiger partial charge in [0.25, 0.3) is 0 Å². The monoisotopic (exact) mass is 719 g/mol. The number of amides is 1. The van der Waals surface area contributed by atoms with Gasteiger partial charge < -0.3 is 24.6 Å². The van der Waals surface area contributed by atoms with Crippen molar-refractivity contribution < 1.29 is 33.7 Å². The molecule has 2 aliphatic rings. The number of halogens is 1. The van der Waals surface area contributed by atoms with Crippen LogP contribution in [0, 0.1) is 5.92 Å². The number of hydrogen-bond acceptors (Lipinski definition) is 11. The fourth-order valence-corrected chi connectivity index (χ4v) is 7.91. The van der Waals surface area contributed by atoms with E-state index in [1.807, 2.05) is 48.0 Å². The summed E-state index contributed by atoms with van der Waals surface area (Å²) in [6.45, 7) is 1.98. The number of ketones is 2. The molecule has 2 aromatic carbocycles. The zero-order valence-electron chi connectivity index (χ0n) is 27.2. The molecule has 1 spiro atoms. The van der Waals surface area contributed by atoms with Gasteiger partial charge in [0.2, 0.25) is 17.3 Å². The van der Waals surface area contributed by atoms with E-state index in [-0.39, 0.29) is 57.9 Å². The molecule has 1 aliphatic heterocycles. The summed E-state index contributed by atoms with van der Waals surface area (Å²) in [5, 5.41) is 17.9.